The molecule has 1 fully saturated rings. The van der Waals surface area contributed by atoms with Crippen molar-refractivity contribution in [2.24, 2.45) is 11.7 Å². The molecule has 1 aliphatic carbocycles. The highest BCUT2D eigenvalue weighted by molar-refractivity contribution is 5.28. The van der Waals surface area contributed by atoms with Crippen LogP contribution in [0.3, 0.4) is 0 Å². The summed E-state index contributed by atoms with van der Waals surface area (Å²) in [6.45, 7) is 2.24. The largest absolute Gasteiger partial charge is 0.508 e. The molecule has 0 heterocycles. The van der Waals surface area contributed by atoms with E-state index in [1.165, 1.54) is 19.3 Å². The molecule has 3 N–H and O–H groups in total. The lowest BCUT2D eigenvalue weighted by molar-refractivity contribution is 0.182. The molecule has 2 rings (SSSR count). The molecule has 1 aliphatic rings. The number of phenols is 1. The topological polar surface area (TPSA) is 46.2 Å². The third-order valence-electron chi connectivity index (χ3n) is 4.19. The molecule has 0 amide bonds. The first kappa shape index (κ1) is 12.4. The van der Waals surface area contributed by atoms with Gasteiger partial charge in [-0.05, 0) is 42.9 Å². The molecule has 0 radical (unpaired) electrons. The summed E-state index contributed by atoms with van der Waals surface area (Å²) in [4.78, 5) is 0. The quantitative estimate of drug-likeness (QED) is 0.842. The highest BCUT2D eigenvalue weighted by Crippen LogP contribution is 2.36. The van der Waals surface area contributed by atoms with Crippen molar-refractivity contribution in [3.05, 3.63) is 29.8 Å². The Labute approximate surface area is 104 Å². The van der Waals surface area contributed by atoms with Crippen LogP contribution in [-0.2, 0) is 6.42 Å². The van der Waals surface area contributed by atoms with Gasteiger partial charge in [0.05, 0.1) is 0 Å². The van der Waals surface area contributed by atoms with Gasteiger partial charge in [-0.3, -0.25) is 0 Å². The van der Waals surface area contributed by atoms with Crippen LogP contribution in [-0.4, -0.2) is 10.6 Å². The second-order valence-electron chi connectivity index (χ2n) is 5.43. The van der Waals surface area contributed by atoms with Crippen LogP contribution in [0.4, 0.5) is 0 Å². The molecule has 1 saturated carbocycles. The molecule has 2 nitrogen and oxygen atoms in total. The van der Waals surface area contributed by atoms with Crippen molar-refractivity contribution in [1.29, 1.82) is 0 Å². The lowest BCUT2D eigenvalue weighted by Gasteiger charge is -2.41. The Morgan fingerprint density at radius 1 is 1.41 bits per heavy atom. The molecule has 1 aromatic carbocycles. The minimum atomic E-state index is -0.0687. The molecular weight excluding hydrogens is 210 g/mol. The van der Waals surface area contributed by atoms with Gasteiger partial charge >= 0.3 is 0 Å². The maximum atomic E-state index is 9.51. The van der Waals surface area contributed by atoms with Crippen molar-refractivity contribution < 1.29 is 5.11 Å². The van der Waals surface area contributed by atoms with Crippen molar-refractivity contribution in [2.45, 2.75) is 51.0 Å². The smallest absolute Gasteiger partial charge is 0.115 e. The molecular formula is C15H23NO. The first-order valence-electron chi connectivity index (χ1n) is 6.71. The van der Waals surface area contributed by atoms with Crippen molar-refractivity contribution in [2.75, 3.05) is 0 Å². The van der Waals surface area contributed by atoms with Gasteiger partial charge in [-0.15, -0.1) is 0 Å². The van der Waals surface area contributed by atoms with Gasteiger partial charge in [0.15, 0.2) is 0 Å². The normalized spacial score (nSPS) is 29.2. The van der Waals surface area contributed by atoms with E-state index >= 15 is 0 Å². The van der Waals surface area contributed by atoms with E-state index in [2.05, 4.69) is 13.0 Å². The van der Waals surface area contributed by atoms with Crippen LogP contribution < -0.4 is 5.73 Å². The summed E-state index contributed by atoms with van der Waals surface area (Å²) < 4.78 is 0. The summed E-state index contributed by atoms with van der Waals surface area (Å²) in [5, 5.41) is 9.51. The molecule has 0 aromatic heterocycles. The third-order valence-corrected chi connectivity index (χ3v) is 4.19. The van der Waals surface area contributed by atoms with Crippen LogP contribution in [0, 0.1) is 5.92 Å². The Kier molecular flexibility index (Phi) is 3.72. The molecule has 94 valence electrons. The van der Waals surface area contributed by atoms with E-state index in [9.17, 15) is 5.11 Å². The minimum absolute atomic E-state index is 0.0687. The summed E-state index contributed by atoms with van der Waals surface area (Å²) in [6.07, 6.45) is 6.98. The standard InChI is InChI=1S/C15H23NO/c1-2-13-7-3-4-9-15(13,16)11-12-6-5-8-14(17)10-12/h5-6,8,10,13,17H,2-4,7,9,11,16H2,1H3. The number of phenolic OH excluding ortho intramolecular Hbond substituents is 1. The van der Waals surface area contributed by atoms with Gasteiger partial charge in [0, 0.05) is 5.54 Å². The van der Waals surface area contributed by atoms with E-state index in [4.69, 9.17) is 5.73 Å². The third kappa shape index (κ3) is 2.81. The number of nitrogens with two attached hydrogens (primary N) is 1. The van der Waals surface area contributed by atoms with Gasteiger partial charge < -0.3 is 10.8 Å². The minimum Gasteiger partial charge on any atom is -0.508 e. The second-order valence-corrected chi connectivity index (χ2v) is 5.43. The Balaban J connectivity index is 2.14. The molecule has 2 unspecified atom stereocenters. The molecule has 0 aliphatic heterocycles. The highest BCUT2D eigenvalue weighted by Gasteiger charge is 2.35. The molecule has 0 saturated heterocycles. The van der Waals surface area contributed by atoms with Gasteiger partial charge in [-0.25, -0.2) is 0 Å². The van der Waals surface area contributed by atoms with Gasteiger partial charge in [-0.2, -0.15) is 0 Å². The summed E-state index contributed by atoms with van der Waals surface area (Å²) >= 11 is 0. The zero-order valence-corrected chi connectivity index (χ0v) is 10.7. The molecule has 1 aromatic rings. The summed E-state index contributed by atoms with van der Waals surface area (Å²) in [5.41, 5.74) is 7.71. The zero-order valence-electron chi connectivity index (χ0n) is 10.7. The van der Waals surface area contributed by atoms with E-state index in [0.29, 0.717) is 11.7 Å². The number of rotatable bonds is 3. The fourth-order valence-corrected chi connectivity index (χ4v) is 3.23. The average Bonchev–Trinajstić information content (AvgIpc) is 2.29. The monoisotopic (exact) mass is 233 g/mol. The van der Waals surface area contributed by atoms with Crippen molar-refractivity contribution in [3.63, 3.8) is 0 Å². The van der Waals surface area contributed by atoms with Crippen LogP contribution in [0.25, 0.3) is 0 Å². The van der Waals surface area contributed by atoms with Gasteiger partial charge in [0.2, 0.25) is 0 Å². The van der Waals surface area contributed by atoms with Crippen LogP contribution in [0.5, 0.6) is 5.75 Å². The number of hydrogen-bond donors (Lipinski definition) is 2. The second kappa shape index (κ2) is 5.09. The van der Waals surface area contributed by atoms with E-state index in [-0.39, 0.29) is 5.54 Å². The maximum Gasteiger partial charge on any atom is 0.115 e. The fourth-order valence-electron chi connectivity index (χ4n) is 3.23. The Hall–Kier alpha value is -1.02. The van der Waals surface area contributed by atoms with Gasteiger partial charge in [0.1, 0.15) is 5.75 Å². The summed E-state index contributed by atoms with van der Waals surface area (Å²) in [5.74, 6) is 0.966. The zero-order chi connectivity index (χ0) is 12.3. The number of benzene rings is 1. The van der Waals surface area contributed by atoms with E-state index < -0.39 is 0 Å². The molecule has 17 heavy (non-hydrogen) atoms. The first-order chi connectivity index (χ1) is 8.14. The molecule has 0 bridgehead atoms. The van der Waals surface area contributed by atoms with Crippen LogP contribution in [0.2, 0.25) is 0 Å². The first-order valence-corrected chi connectivity index (χ1v) is 6.71. The lowest BCUT2D eigenvalue weighted by atomic mass is 9.69. The Bertz CT molecular complexity index is 377. The van der Waals surface area contributed by atoms with E-state index in [0.717, 1.165) is 24.8 Å². The fraction of sp³-hybridized carbons (Fsp3) is 0.600. The highest BCUT2D eigenvalue weighted by atomic mass is 16.3. The van der Waals surface area contributed by atoms with E-state index in [1.807, 2.05) is 12.1 Å². The number of hydrogen-bond acceptors (Lipinski definition) is 2. The summed E-state index contributed by atoms with van der Waals surface area (Å²) in [7, 11) is 0. The van der Waals surface area contributed by atoms with Crippen molar-refractivity contribution in [1.82, 2.24) is 0 Å². The van der Waals surface area contributed by atoms with Crippen LogP contribution in [0.1, 0.15) is 44.6 Å². The van der Waals surface area contributed by atoms with Crippen molar-refractivity contribution in [3.8, 4) is 5.75 Å². The molecule has 0 spiro atoms. The predicted octanol–water partition coefficient (Wildman–Crippen LogP) is 3.23. The van der Waals surface area contributed by atoms with Gasteiger partial charge in [0.25, 0.3) is 0 Å². The predicted molar refractivity (Wildman–Crippen MR) is 71.0 cm³/mol. The number of aromatic hydroxyl groups is 1. The summed E-state index contributed by atoms with van der Waals surface area (Å²) in [6, 6.07) is 7.52. The Morgan fingerprint density at radius 2 is 2.24 bits per heavy atom. The lowest BCUT2D eigenvalue weighted by Crippen LogP contribution is -2.50. The van der Waals surface area contributed by atoms with Crippen LogP contribution in [0.15, 0.2) is 24.3 Å². The van der Waals surface area contributed by atoms with Crippen molar-refractivity contribution >= 4 is 0 Å². The SMILES string of the molecule is CCC1CCCCC1(N)Cc1cccc(O)c1. The molecule has 2 heteroatoms. The van der Waals surface area contributed by atoms with Crippen LogP contribution >= 0.6 is 0 Å². The van der Waals surface area contributed by atoms with Gasteiger partial charge in [-0.1, -0.05) is 38.3 Å². The molecule has 2 atom stereocenters. The Morgan fingerprint density at radius 3 is 2.94 bits per heavy atom. The van der Waals surface area contributed by atoms with E-state index in [1.54, 1.807) is 6.07 Å². The maximum absolute atomic E-state index is 9.51. The average molecular weight is 233 g/mol.